The molecular formula is C45H73N5O9. The molecule has 4 N–H and O–H groups in total. The van der Waals surface area contributed by atoms with Crippen LogP contribution in [0.1, 0.15) is 133 Å². The number of ether oxygens (including phenoxy) is 3. The molecule has 332 valence electrons. The van der Waals surface area contributed by atoms with Crippen molar-refractivity contribution in [3.8, 4) is 0 Å². The molecule has 0 aromatic heterocycles. The quantitative estimate of drug-likeness (QED) is 0.0518. The van der Waals surface area contributed by atoms with Gasteiger partial charge in [-0.1, -0.05) is 56.3 Å². The number of nitrogens with zero attached hydrogens (tertiary/aromatic N) is 2. The average Bonchev–Trinajstić information content (AvgIpc) is 3.60. The number of alkyl carbamates (subject to hydrolysis) is 2. The second kappa shape index (κ2) is 21.9. The highest BCUT2D eigenvalue weighted by Gasteiger charge is 2.46. The van der Waals surface area contributed by atoms with Crippen LogP contribution in [0.4, 0.5) is 9.59 Å². The summed E-state index contributed by atoms with van der Waals surface area (Å²) in [4.78, 5) is 68.6. The molecule has 4 amide bonds. The third-order valence-corrected chi connectivity index (χ3v) is 10.5. The standard InChI is InChI=1S/C45H73N5O9/c1-30(2)26-34(47-42(55)59-43(5,6)7)23-22-33(27-32-18-13-12-14-19-32)39(52)49-25-17-21-37(49)38(51)48-36(40(53)57-31(3)4)20-15-16-24-46-41(54)58-35-28-44(8,9)50(56)45(10,11)29-35/h12-14,18-19,22-23,30-31,33-37,56H,15-17,20-21,24-29H2,1-11H3,(H,46,54)(H,47,55)(H,48,51)/b23-22+/t33?,34?,36?,37-/m0/s1. The van der Waals surface area contributed by atoms with Crippen molar-refractivity contribution in [2.24, 2.45) is 11.8 Å². The molecule has 0 bridgehead atoms. The zero-order valence-corrected chi connectivity index (χ0v) is 37.5. The minimum absolute atomic E-state index is 0.211. The summed E-state index contributed by atoms with van der Waals surface area (Å²) < 4.78 is 16.7. The van der Waals surface area contributed by atoms with E-state index < -0.39 is 64.8 Å². The van der Waals surface area contributed by atoms with E-state index in [0.717, 1.165) is 5.56 Å². The van der Waals surface area contributed by atoms with Crippen molar-refractivity contribution in [3.63, 3.8) is 0 Å². The Kier molecular flexibility index (Phi) is 18.3. The van der Waals surface area contributed by atoms with Gasteiger partial charge in [0.15, 0.2) is 0 Å². The highest BCUT2D eigenvalue weighted by atomic mass is 16.6. The van der Waals surface area contributed by atoms with E-state index in [1.165, 1.54) is 5.06 Å². The lowest BCUT2D eigenvalue weighted by molar-refractivity contribution is -0.256. The summed E-state index contributed by atoms with van der Waals surface area (Å²) in [6.07, 6.45) is 6.20. The van der Waals surface area contributed by atoms with Gasteiger partial charge in [-0.2, -0.15) is 5.06 Å². The summed E-state index contributed by atoms with van der Waals surface area (Å²) in [6, 6.07) is 7.55. The van der Waals surface area contributed by atoms with Gasteiger partial charge in [-0.15, -0.1) is 0 Å². The lowest BCUT2D eigenvalue weighted by atomic mass is 9.80. The first-order chi connectivity index (χ1) is 27.5. The van der Waals surface area contributed by atoms with Crippen LogP contribution in [0.15, 0.2) is 42.5 Å². The van der Waals surface area contributed by atoms with Crippen LogP contribution in [0.25, 0.3) is 0 Å². The highest BCUT2D eigenvalue weighted by Crippen LogP contribution is 2.38. The van der Waals surface area contributed by atoms with Crippen molar-refractivity contribution in [2.75, 3.05) is 13.1 Å². The maximum Gasteiger partial charge on any atom is 0.408 e. The highest BCUT2D eigenvalue weighted by molar-refractivity contribution is 5.92. The molecule has 0 saturated carbocycles. The Balaban J connectivity index is 1.68. The molecule has 2 fully saturated rings. The van der Waals surface area contributed by atoms with Crippen molar-refractivity contribution in [1.82, 2.24) is 25.9 Å². The number of esters is 1. The predicted molar refractivity (Wildman–Crippen MR) is 226 cm³/mol. The van der Waals surface area contributed by atoms with Crippen molar-refractivity contribution in [3.05, 3.63) is 48.0 Å². The van der Waals surface area contributed by atoms with E-state index >= 15 is 0 Å². The van der Waals surface area contributed by atoms with Gasteiger partial charge in [0.05, 0.1) is 18.1 Å². The molecule has 0 aliphatic carbocycles. The predicted octanol–water partition coefficient (Wildman–Crippen LogP) is 7.08. The van der Waals surface area contributed by atoms with Crippen molar-refractivity contribution >= 4 is 30.0 Å². The second-order valence-corrected chi connectivity index (χ2v) is 19.1. The van der Waals surface area contributed by atoms with Gasteiger partial charge < -0.3 is 40.3 Å². The Hall–Kier alpha value is -4.17. The molecule has 0 spiro atoms. The van der Waals surface area contributed by atoms with Crippen LogP contribution in [0, 0.1) is 11.8 Å². The van der Waals surface area contributed by atoms with Crippen LogP contribution in [0.3, 0.4) is 0 Å². The van der Waals surface area contributed by atoms with Gasteiger partial charge in [-0.05, 0) is 119 Å². The van der Waals surface area contributed by atoms with Crippen LogP contribution in [0.2, 0.25) is 0 Å². The minimum Gasteiger partial charge on any atom is -0.461 e. The van der Waals surface area contributed by atoms with Crippen LogP contribution in [-0.4, -0.2) is 105 Å². The van der Waals surface area contributed by atoms with Crippen LogP contribution < -0.4 is 16.0 Å². The number of piperidine rings is 1. The third kappa shape index (κ3) is 16.4. The maximum atomic E-state index is 14.4. The first-order valence-electron chi connectivity index (χ1n) is 21.4. The fourth-order valence-electron chi connectivity index (χ4n) is 7.99. The van der Waals surface area contributed by atoms with Gasteiger partial charge in [0.25, 0.3) is 0 Å². The molecule has 0 radical (unpaired) electrons. The summed E-state index contributed by atoms with van der Waals surface area (Å²) in [5, 5.41) is 20.5. The number of nitrogens with one attached hydrogen (secondary N) is 3. The molecule has 2 aliphatic heterocycles. The first kappa shape index (κ1) is 49.2. The number of amides is 4. The Morgan fingerprint density at radius 2 is 1.56 bits per heavy atom. The number of carbonyl (C=O) groups is 5. The molecule has 14 heteroatoms. The van der Waals surface area contributed by atoms with Crippen LogP contribution >= 0.6 is 0 Å². The lowest BCUT2D eigenvalue weighted by Gasteiger charge is -2.50. The van der Waals surface area contributed by atoms with Gasteiger partial charge in [0.2, 0.25) is 11.8 Å². The molecule has 1 aromatic rings. The van der Waals surface area contributed by atoms with E-state index in [1.807, 2.05) is 70.2 Å². The van der Waals surface area contributed by atoms with Gasteiger partial charge in [-0.3, -0.25) is 9.59 Å². The van der Waals surface area contributed by atoms with E-state index in [-0.39, 0.29) is 30.4 Å². The van der Waals surface area contributed by atoms with Gasteiger partial charge in [0, 0.05) is 37.0 Å². The summed E-state index contributed by atoms with van der Waals surface area (Å²) >= 11 is 0. The zero-order chi connectivity index (χ0) is 44.1. The fraction of sp³-hybridized carbons (Fsp3) is 0.711. The molecule has 1 aromatic carbocycles. The summed E-state index contributed by atoms with van der Waals surface area (Å²) in [6.45, 7) is 21.3. The second-order valence-electron chi connectivity index (χ2n) is 19.1. The summed E-state index contributed by atoms with van der Waals surface area (Å²) in [5.41, 5.74) is -0.824. The Labute approximate surface area is 352 Å². The molecule has 2 saturated heterocycles. The number of hydroxylamine groups is 2. The number of hydrogen-bond donors (Lipinski definition) is 4. The summed E-state index contributed by atoms with van der Waals surface area (Å²) in [5.74, 6) is -1.57. The number of likely N-dealkylation sites (tertiary alicyclic amines) is 1. The molecule has 2 aliphatic rings. The lowest BCUT2D eigenvalue weighted by Crippen LogP contribution is -2.60. The Bertz CT molecular complexity index is 1550. The van der Waals surface area contributed by atoms with Crippen molar-refractivity contribution in [1.29, 1.82) is 0 Å². The van der Waals surface area contributed by atoms with Gasteiger partial charge in [-0.25, -0.2) is 14.4 Å². The molecule has 59 heavy (non-hydrogen) atoms. The number of carbonyl (C=O) groups excluding carboxylic acids is 5. The van der Waals surface area contributed by atoms with E-state index in [9.17, 15) is 29.2 Å². The van der Waals surface area contributed by atoms with Crippen LogP contribution in [0.5, 0.6) is 0 Å². The largest absolute Gasteiger partial charge is 0.461 e. The normalized spacial score (nSPS) is 19.9. The average molecular weight is 828 g/mol. The number of unbranched alkanes of at least 4 members (excludes halogenated alkanes) is 1. The van der Waals surface area contributed by atoms with Gasteiger partial charge >= 0.3 is 18.2 Å². The molecule has 4 atom stereocenters. The van der Waals surface area contributed by atoms with E-state index in [0.29, 0.717) is 64.5 Å². The van der Waals surface area contributed by atoms with Gasteiger partial charge in [0.1, 0.15) is 23.8 Å². The van der Waals surface area contributed by atoms with E-state index in [2.05, 4.69) is 29.8 Å². The van der Waals surface area contributed by atoms with Crippen molar-refractivity contribution < 1.29 is 43.4 Å². The minimum atomic E-state index is -0.946. The fourth-order valence-corrected chi connectivity index (χ4v) is 7.99. The Morgan fingerprint density at radius 1 is 0.915 bits per heavy atom. The summed E-state index contributed by atoms with van der Waals surface area (Å²) in [7, 11) is 0. The van der Waals surface area contributed by atoms with E-state index in [4.69, 9.17) is 14.2 Å². The third-order valence-electron chi connectivity index (χ3n) is 10.5. The van der Waals surface area contributed by atoms with Crippen molar-refractivity contribution in [2.45, 2.75) is 181 Å². The maximum absolute atomic E-state index is 14.4. The van der Waals surface area contributed by atoms with Crippen LogP contribution in [-0.2, 0) is 35.0 Å². The molecule has 14 nitrogen and oxygen atoms in total. The molecule has 3 unspecified atom stereocenters. The van der Waals surface area contributed by atoms with E-state index in [1.54, 1.807) is 39.5 Å². The number of hydrogen-bond acceptors (Lipinski definition) is 10. The number of benzene rings is 1. The zero-order valence-electron chi connectivity index (χ0n) is 37.5. The first-order valence-corrected chi connectivity index (χ1v) is 21.4. The Morgan fingerprint density at radius 3 is 2.15 bits per heavy atom. The SMILES string of the molecule is CC(C)CC(/C=C/C(Cc1ccccc1)C(=O)N1CCC[C@H]1C(=O)NC(CCCCNC(=O)OC1CC(C)(C)N(O)C(C)(C)C1)C(=O)OC(C)C)NC(=O)OC(C)(C)C. The monoisotopic (exact) mass is 828 g/mol. The topological polar surface area (TPSA) is 176 Å². The number of rotatable bonds is 18. The molecular weight excluding hydrogens is 755 g/mol. The molecule has 2 heterocycles. The smallest absolute Gasteiger partial charge is 0.408 e. The molecule has 3 rings (SSSR count).